The van der Waals surface area contributed by atoms with E-state index in [2.05, 4.69) is 67.8 Å². The SMILES string of the molecule is CCCCCCC/C=C/CC/C=C/CC/C=C/CCCC(O)C(O)C(CO)NC(=O)C(O)CCCC/C=C\CCCCCCCC. The molecule has 4 unspecified atom stereocenters. The summed E-state index contributed by atoms with van der Waals surface area (Å²) in [5, 5.41) is 43.4. The Kier molecular flexibility index (Phi) is 33.3. The molecule has 6 nitrogen and oxygen atoms in total. The van der Waals surface area contributed by atoms with Gasteiger partial charge in [-0.1, -0.05) is 127 Å². The van der Waals surface area contributed by atoms with Crippen LogP contribution in [0.5, 0.6) is 0 Å². The Morgan fingerprint density at radius 1 is 0.522 bits per heavy atom. The van der Waals surface area contributed by atoms with Crippen LogP contribution in [0.1, 0.15) is 168 Å². The van der Waals surface area contributed by atoms with Crippen molar-refractivity contribution in [2.45, 2.75) is 192 Å². The number of hydrogen-bond donors (Lipinski definition) is 5. The van der Waals surface area contributed by atoms with Crippen LogP contribution in [0, 0.1) is 0 Å². The zero-order chi connectivity index (χ0) is 33.9. The molecule has 0 aliphatic carbocycles. The zero-order valence-electron chi connectivity index (χ0n) is 29.8. The molecule has 0 saturated carbocycles. The summed E-state index contributed by atoms with van der Waals surface area (Å²) in [6, 6.07) is -1.02. The van der Waals surface area contributed by atoms with Gasteiger partial charge < -0.3 is 25.7 Å². The van der Waals surface area contributed by atoms with Crippen molar-refractivity contribution in [3.05, 3.63) is 48.6 Å². The lowest BCUT2D eigenvalue weighted by Crippen LogP contribution is -2.53. The Morgan fingerprint density at radius 3 is 1.37 bits per heavy atom. The standard InChI is InChI=1S/C40H73NO5/c1-3-5-7-9-11-13-15-17-18-19-20-21-22-24-25-27-29-31-33-37(43)39(45)36(35-42)41-40(46)38(44)34-32-30-28-26-23-16-14-12-10-8-6-4-2/h15,17,20-21,23,25-27,36-39,42-45H,3-14,16,18-19,22,24,28-35H2,1-2H3,(H,41,46)/b17-15+,21-20+,26-23-,27-25+. The molecule has 5 N–H and O–H groups in total. The first-order chi connectivity index (χ1) is 22.5. The number of carbonyl (C=O) groups excluding carboxylic acids is 1. The molecule has 0 aliphatic heterocycles. The summed E-state index contributed by atoms with van der Waals surface area (Å²) in [4.78, 5) is 12.4. The Bertz CT molecular complexity index is 778. The van der Waals surface area contributed by atoms with Crippen LogP contribution < -0.4 is 5.32 Å². The molecular formula is C40H73NO5. The maximum absolute atomic E-state index is 12.4. The number of unbranched alkanes of at least 4 members (excludes halogenated alkanes) is 16. The third-order valence-electron chi connectivity index (χ3n) is 8.47. The van der Waals surface area contributed by atoms with Gasteiger partial charge in [0.25, 0.3) is 0 Å². The van der Waals surface area contributed by atoms with E-state index >= 15 is 0 Å². The number of hydrogen-bond acceptors (Lipinski definition) is 5. The Hall–Kier alpha value is -1.73. The molecule has 0 heterocycles. The highest BCUT2D eigenvalue weighted by Crippen LogP contribution is 2.12. The average molecular weight is 648 g/mol. The van der Waals surface area contributed by atoms with Gasteiger partial charge in [0, 0.05) is 0 Å². The van der Waals surface area contributed by atoms with Crippen LogP contribution >= 0.6 is 0 Å². The fourth-order valence-corrected chi connectivity index (χ4v) is 5.37. The van der Waals surface area contributed by atoms with Gasteiger partial charge in [0.05, 0.1) is 18.8 Å². The van der Waals surface area contributed by atoms with E-state index in [4.69, 9.17) is 0 Å². The van der Waals surface area contributed by atoms with Gasteiger partial charge in [0.1, 0.15) is 12.2 Å². The van der Waals surface area contributed by atoms with Crippen molar-refractivity contribution in [1.82, 2.24) is 5.32 Å². The predicted octanol–water partition coefficient (Wildman–Crippen LogP) is 9.17. The van der Waals surface area contributed by atoms with Gasteiger partial charge in [-0.2, -0.15) is 0 Å². The lowest BCUT2D eigenvalue weighted by Gasteiger charge is -2.27. The van der Waals surface area contributed by atoms with E-state index in [0.717, 1.165) is 51.4 Å². The molecule has 0 aromatic heterocycles. The smallest absolute Gasteiger partial charge is 0.249 e. The number of aliphatic hydroxyl groups excluding tert-OH is 4. The molecular weight excluding hydrogens is 574 g/mol. The fourth-order valence-electron chi connectivity index (χ4n) is 5.37. The molecule has 268 valence electrons. The minimum atomic E-state index is -1.30. The second kappa shape index (κ2) is 34.6. The van der Waals surface area contributed by atoms with E-state index in [1.807, 2.05) is 0 Å². The highest BCUT2D eigenvalue weighted by atomic mass is 16.3. The second-order valence-corrected chi connectivity index (χ2v) is 12.9. The van der Waals surface area contributed by atoms with Crippen LogP contribution in [0.25, 0.3) is 0 Å². The van der Waals surface area contributed by atoms with Gasteiger partial charge in [-0.15, -0.1) is 0 Å². The molecule has 0 rings (SSSR count). The lowest BCUT2D eigenvalue weighted by molar-refractivity contribution is -0.132. The third-order valence-corrected chi connectivity index (χ3v) is 8.47. The number of aliphatic hydroxyl groups is 4. The Balaban J connectivity index is 3.94. The molecule has 4 atom stereocenters. The molecule has 0 aromatic rings. The van der Waals surface area contributed by atoms with Crippen LogP contribution in [-0.2, 0) is 4.79 Å². The number of rotatable bonds is 33. The molecule has 0 aliphatic rings. The Labute approximate surface area is 283 Å². The van der Waals surface area contributed by atoms with Gasteiger partial charge >= 0.3 is 0 Å². The quantitative estimate of drug-likeness (QED) is 0.0360. The number of allylic oxidation sites excluding steroid dienone is 8. The molecule has 0 aromatic carbocycles. The minimum Gasteiger partial charge on any atom is -0.394 e. The van der Waals surface area contributed by atoms with E-state index < -0.39 is 36.9 Å². The summed E-state index contributed by atoms with van der Waals surface area (Å²) in [5.41, 5.74) is 0. The summed E-state index contributed by atoms with van der Waals surface area (Å²) < 4.78 is 0. The van der Waals surface area contributed by atoms with E-state index in [9.17, 15) is 25.2 Å². The van der Waals surface area contributed by atoms with Gasteiger partial charge in [0.2, 0.25) is 5.91 Å². The number of amides is 1. The van der Waals surface area contributed by atoms with Crippen LogP contribution in [-0.4, -0.2) is 57.3 Å². The van der Waals surface area contributed by atoms with E-state index in [-0.39, 0.29) is 0 Å². The molecule has 6 heteroatoms. The second-order valence-electron chi connectivity index (χ2n) is 12.9. The first-order valence-corrected chi connectivity index (χ1v) is 19.0. The molecule has 0 bridgehead atoms. The number of carbonyl (C=O) groups is 1. The van der Waals surface area contributed by atoms with Crippen LogP contribution in [0.2, 0.25) is 0 Å². The van der Waals surface area contributed by atoms with Crippen LogP contribution in [0.4, 0.5) is 0 Å². The first-order valence-electron chi connectivity index (χ1n) is 19.0. The maximum atomic E-state index is 12.4. The van der Waals surface area contributed by atoms with Gasteiger partial charge in [-0.25, -0.2) is 0 Å². The average Bonchev–Trinajstić information content (AvgIpc) is 3.06. The van der Waals surface area contributed by atoms with Gasteiger partial charge in [-0.3, -0.25) is 4.79 Å². The van der Waals surface area contributed by atoms with Crippen molar-refractivity contribution in [2.75, 3.05) is 6.61 Å². The van der Waals surface area contributed by atoms with Gasteiger partial charge in [0.15, 0.2) is 0 Å². The van der Waals surface area contributed by atoms with Crippen molar-refractivity contribution >= 4 is 5.91 Å². The van der Waals surface area contributed by atoms with Gasteiger partial charge in [-0.05, 0) is 89.9 Å². The normalized spacial score (nSPS) is 15.0. The first kappa shape index (κ1) is 44.3. The van der Waals surface area contributed by atoms with Crippen LogP contribution in [0.3, 0.4) is 0 Å². The van der Waals surface area contributed by atoms with Crippen molar-refractivity contribution in [1.29, 1.82) is 0 Å². The van der Waals surface area contributed by atoms with Crippen molar-refractivity contribution in [3.63, 3.8) is 0 Å². The molecule has 46 heavy (non-hydrogen) atoms. The summed E-state index contributed by atoms with van der Waals surface area (Å²) in [7, 11) is 0. The highest BCUT2D eigenvalue weighted by molar-refractivity contribution is 5.80. The van der Waals surface area contributed by atoms with E-state index in [1.54, 1.807) is 0 Å². The lowest BCUT2D eigenvalue weighted by atomic mass is 10.00. The summed E-state index contributed by atoms with van der Waals surface area (Å²) in [6.07, 6.45) is 39.9. The molecule has 0 spiro atoms. The number of nitrogens with one attached hydrogen (secondary N) is 1. The van der Waals surface area contributed by atoms with Crippen molar-refractivity contribution < 1.29 is 25.2 Å². The summed E-state index contributed by atoms with van der Waals surface area (Å²) >= 11 is 0. The molecule has 0 fully saturated rings. The summed E-state index contributed by atoms with van der Waals surface area (Å²) in [5.74, 6) is -0.620. The zero-order valence-corrected chi connectivity index (χ0v) is 29.8. The van der Waals surface area contributed by atoms with Crippen molar-refractivity contribution in [3.8, 4) is 0 Å². The third kappa shape index (κ3) is 28.5. The highest BCUT2D eigenvalue weighted by Gasteiger charge is 2.28. The predicted molar refractivity (Wildman–Crippen MR) is 196 cm³/mol. The molecule has 1 amide bonds. The fraction of sp³-hybridized carbons (Fsp3) is 0.775. The summed E-state index contributed by atoms with van der Waals surface area (Å²) in [6.45, 7) is 3.97. The molecule has 0 saturated heterocycles. The monoisotopic (exact) mass is 648 g/mol. The van der Waals surface area contributed by atoms with E-state index in [1.165, 1.54) is 77.0 Å². The van der Waals surface area contributed by atoms with Crippen LogP contribution in [0.15, 0.2) is 48.6 Å². The van der Waals surface area contributed by atoms with Crippen molar-refractivity contribution in [2.24, 2.45) is 0 Å². The molecule has 0 radical (unpaired) electrons. The largest absolute Gasteiger partial charge is 0.394 e. The topological polar surface area (TPSA) is 110 Å². The minimum absolute atomic E-state index is 0.326. The van der Waals surface area contributed by atoms with E-state index in [0.29, 0.717) is 25.7 Å². The Morgan fingerprint density at radius 2 is 0.913 bits per heavy atom. The maximum Gasteiger partial charge on any atom is 0.249 e.